The van der Waals surface area contributed by atoms with E-state index in [-0.39, 0.29) is 5.91 Å². The van der Waals surface area contributed by atoms with Gasteiger partial charge in [-0.05, 0) is 85.9 Å². The maximum Gasteiger partial charge on any atom is 0.248 e. The fourth-order valence-corrected chi connectivity index (χ4v) is 5.12. The van der Waals surface area contributed by atoms with Crippen LogP contribution < -0.4 is 5.73 Å². The summed E-state index contributed by atoms with van der Waals surface area (Å²) in [5, 5.41) is 6.05. The zero-order chi connectivity index (χ0) is 24.5. The fraction of sp³-hybridized carbons (Fsp3) is 0.241. The number of aromatic nitrogens is 4. The number of imidazole rings is 1. The number of nitrogens with two attached hydrogens (primary N) is 1. The average molecular weight is 477 g/mol. The molecule has 6 rings (SSSR count). The molecule has 7 nitrogen and oxygen atoms in total. The summed E-state index contributed by atoms with van der Waals surface area (Å²) in [5.41, 5.74) is 13.0. The van der Waals surface area contributed by atoms with Gasteiger partial charge in [-0.3, -0.25) is 9.78 Å². The molecule has 2 aromatic carbocycles. The number of hydrogen-bond donors (Lipinski definition) is 1. The Morgan fingerprint density at radius 3 is 2.72 bits per heavy atom. The molecule has 1 aliphatic heterocycles. The normalized spacial score (nSPS) is 14.1. The maximum atomic E-state index is 12.1. The summed E-state index contributed by atoms with van der Waals surface area (Å²) >= 11 is 0. The first-order chi connectivity index (χ1) is 17.6. The molecule has 1 amide bonds. The summed E-state index contributed by atoms with van der Waals surface area (Å²) in [5.74, 6) is -0.385. The molecule has 5 aromatic rings. The third-order valence-corrected chi connectivity index (χ3v) is 7.05. The number of rotatable bonds is 7. The predicted octanol–water partition coefficient (Wildman–Crippen LogP) is 4.27. The SMILES string of the molecule is NC(=O)c1ccc(-c2ccc3ncc(Cc4ccc5ncccc5c4)n3n2)cc1CCN1CCCC1. The Morgan fingerprint density at radius 2 is 1.86 bits per heavy atom. The van der Waals surface area contributed by atoms with Gasteiger partial charge in [0.2, 0.25) is 5.91 Å². The van der Waals surface area contributed by atoms with E-state index in [0.29, 0.717) is 12.0 Å². The van der Waals surface area contributed by atoms with Crippen molar-refractivity contribution in [3.63, 3.8) is 0 Å². The highest BCUT2D eigenvalue weighted by Gasteiger charge is 2.16. The van der Waals surface area contributed by atoms with Crippen molar-refractivity contribution in [3.8, 4) is 11.3 Å². The number of fused-ring (bicyclic) bond motifs is 2. The van der Waals surface area contributed by atoms with Crippen molar-refractivity contribution in [1.82, 2.24) is 24.5 Å². The third-order valence-electron chi connectivity index (χ3n) is 7.05. The second-order valence-electron chi connectivity index (χ2n) is 9.48. The van der Waals surface area contributed by atoms with E-state index in [1.807, 2.05) is 47.2 Å². The standard InChI is InChI=1S/C29H28N6O/c30-29(36)25-7-6-23(18-21(25)11-15-34-13-1-2-14-34)27-9-10-28-32-19-24(35(28)33-27)17-20-5-8-26-22(16-20)4-3-12-31-26/h3-10,12,16,18-19H,1-2,11,13-15,17H2,(H2,30,36). The van der Waals surface area contributed by atoms with E-state index in [4.69, 9.17) is 10.8 Å². The van der Waals surface area contributed by atoms with Crippen LogP contribution in [0.15, 0.2) is 73.1 Å². The quantitative estimate of drug-likeness (QED) is 0.379. The number of primary amides is 1. The van der Waals surface area contributed by atoms with E-state index in [9.17, 15) is 4.79 Å². The van der Waals surface area contributed by atoms with Gasteiger partial charge in [0.15, 0.2) is 5.65 Å². The lowest BCUT2D eigenvalue weighted by Gasteiger charge is -2.16. The summed E-state index contributed by atoms with van der Waals surface area (Å²) in [6.07, 6.45) is 7.70. The highest BCUT2D eigenvalue weighted by atomic mass is 16.1. The second-order valence-corrected chi connectivity index (χ2v) is 9.48. The zero-order valence-electron chi connectivity index (χ0n) is 20.1. The molecule has 1 saturated heterocycles. The van der Waals surface area contributed by atoms with Gasteiger partial charge in [-0.15, -0.1) is 0 Å². The predicted molar refractivity (Wildman–Crippen MR) is 141 cm³/mol. The van der Waals surface area contributed by atoms with Gasteiger partial charge >= 0.3 is 0 Å². The first-order valence-electron chi connectivity index (χ1n) is 12.5. The molecule has 0 saturated carbocycles. The van der Waals surface area contributed by atoms with Crippen LogP contribution in [-0.2, 0) is 12.8 Å². The van der Waals surface area contributed by atoms with Crippen LogP contribution in [0.3, 0.4) is 0 Å². The Labute approximate surface area is 209 Å². The molecular formula is C29H28N6O. The molecule has 0 spiro atoms. The number of pyridine rings is 1. The first-order valence-corrected chi connectivity index (χ1v) is 12.5. The van der Waals surface area contributed by atoms with Gasteiger partial charge < -0.3 is 10.6 Å². The summed E-state index contributed by atoms with van der Waals surface area (Å²) in [6.45, 7) is 3.19. The summed E-state index contributed by atoms with van der Waals surface area (Å²) in [7, 11) is 0. The molecule has 1 aliphatic rings. The Bertz CT molecular complexity index is 1570. The smallest absolute Gasteiger partial charge is 0.248 e. The molecule has 7 heteroatoms. The highest BCUT2D eigenvalue weighted by molar-refractivity contribution is 5.95. The zero-order valence-corrected chi connectivity index (χ0v) is 20.1. The van der Waals surface area contributed by atoms with Crippen molar-refractivity contribution in [1.29, 1.82) is 0 Å². The van der Waals surface area contributed by atoms with Crippen molar-refractivity contribution in [2.75, 3.05) is 19.6 Å². The minimum absolute atomic E-state index is 0.385. The number of nitrogens with zero attached hydrogens (tertiary/aromatic N) is 5. The van der Waals surface area contributed by atoms with Gasteiger partial charge in [-0.25, -0.2) is 9.50 Å². The Balaban J connectivity index is 1.31. The van der Waals surface area contributed by atoms with Crippen LogP contribution in [0.4, 0.5) is 0 Å². The van der Waals surface area contributed by atoms with E-state index < -0.39 is 0 Å². The van der Waals surface area contributed by atoms with Crippen LogP contribution in [0.5, 0.6) is 0 Å². The lowest BCUT2D eigenvalue weighted by Crippen LogP contribution is -2.23. The molecule has 0 radical (unpaired) electrons. The van der Waals surface area contributed by atoms with Crippen LogP contribution in [0, 0.1) is 0 Å². The Hall–Kier alpha value is -4.10. The lowest BCUT2D eigenvalue weighted by atomic mass is 9.99. The topological polar surface area (TPSA) is 89.4 Å². The summed E-state index contributed by atoms with van der Waals surface area (Å²) < 4.78 is 1.91. The molecule has 0 unspecified atom stereocenters. The summed E-state index contributed by atoms with van der Waals surface area (Å²) in [6, 6.07) is 20.2. The molecule has 0 bridgehead atoms. The molecule has 0 atom stereocenters. The lowest BCUT2D eigenvalue weighted by molar-refractivity contribution is 0.0999. The van der Waals surface area contributed by atoms with Gasteiger partial charge in [-0.1, -0.05) is 18.2 Å². The van der Waals surface area contributed by atoms with Gasteiger partial charge in [0.1, 0.15) is 0 Å². The minimum Gasteiger partial charge on any atom is -0.366 e. The second kappa shape index (κ2) is 9.51. The molecule has 0 aliphatic carbocycles. The molecule has 3 aromatic heterocycles. The molecule has 4 heterocycles. The van der Waals surface area contributed by atoms with Crippen LogP contribution in [0.1, 0.15) is 40.0 Å². The van der Waals surface area contributed by atoms with Gasteiger partial charge in [0, 0.05) is 35.7 Å². The van der Waals surface area contributed by atoms with Crippen LogP contribution in [0.25, 0.3) is 27.8 Å². The number of carbonyl (C=O) groups excluding carboxylic acids is 1. The molecule has 180 valence electrons. The van der Waals surface area contributed by atoms with Gasteiger partial charge in [0.05, 0.1) is 23.1 Å². The number of likely N-dealkylation sites (tertiary alicyclic amines) is 1. The minimum atomic E-state index is -0.385. The van der Waals surface area contributed by atoms with E-state index in [2.05, 4.69) is 45.2 Å². The molecule has 1 fully saturated rings. The highest BCUT2D eigenvalue weighted by Crippen LogP contribution is 2.24. The van der Waals surface area contributed by atoms with Gasteiger partial charge in [0.25, 0.3) is 0 Å². The maximum absolute atomic E-state index is 12.1. The molecule has 36 heavy (non-hydrogen) atoms. The molecular weight excluding hydrogens is 448 g/mol. The Morgan fingerprint density at radius 1 is 0.972 bits per heavy atom. The number of carbonyl (C=O) groups is 1. The third kappa shape index (κ3) is 4.45. The van der Waals surface area contributed by atoms with E-state index in [1.165, 1.54) is 18.4 Å². The average Bonchev–Trinajstić information content (AvgIpc) is 3.57. The monoisotopic (exact) mass is 476 g/mol. The van der Waals surface area contributed by atoms with Crippen molar-refractivity contribution < 1.29 is 4.79 Å². The van der Waals surface area contributed by atoms with Crippen molar-refractivity contribution in [2.45, 2.75) is 25.7 Å². The van der Waals surface area contributed by atoms with E-state index in [0.717, 1.165) is 65.1 Å². The van der Waals surface area contributed by atoms with E-state index in [1.54, 1.807) is 0 Å². The number of amides is 1. The van der Waals surface area contributed by atoms with Crippen molar-refractivity contribution in [3.05, 3.63) is 95.4 Å². The largest absolute Gasteiger partial charge is 0.366 e. The first kappa shape index (κ1) is 22.4. The van der Waals surface area contributed by atoms with E-state index >= 15 is 0 Å². The van der Waals surface area contributed by atoms with Crippen molar-refractivity contribution >= 4 is 22.5 Å². The van der Waals surface area contributed by atoms with Crippen LogP contribution in [-0.4, -0.2) is 50.0 Å². The van der Waals surface area contributed by atoms with Gasteiger partial charge in [-0.2, -0.15) is 5.10 Å². The number of benzene rings is 2. The van der Waals surface area contributed by atoms with Crippen LogP contribution >= 0.6 is 0 Å². The summed E-state index contributed by atoms with van der Waals surface area (Å²) in [4.78, 5) is 23.5. The molecule has 2 N–H and O–H groups in total. The fourth-order valence-electron chi connectivity index (χ4n) is 5.12. The Kier molecular flexibility index (Phi) is 5.91. The van der Waals surface area contributed by atoms with Crippen molar-refractivity contribution in [2.24, 2.45) is 5.73 Å². The number of hydrogen-bond acceptors (Lipinski definition) is 5. The van der Waals surface area contributed by atoms with Crippen LogP contribution in [0.2, 0.25) is 0 Å².